The molecule has 308 valence electrons. The predicted molar refractivity (Wildman–Crippen MR) is 222 cm³/mol. The summed E-state index contributed by atoms with van der Waals surface area (Å²) in [5.41, 5.74) is 12.5. The van der Waals surface area contributed by atoms with Crippen LogP contribution in [0.4, 0.5) is 10.2 Å². The van der Waals surface area contributed by atoms with Gasteiger partial charge in [0.25, 0.3) is 8.32 Å². The van der Waals surface area contributed by atoms with Crippen LogP contribution in [-0.2, 0) is 18.7 Å². The van der Waals surface area contributed by atoms with Crippen LogP contribution in [0.25, 0.3) is 21.2 Å². The number of anilines is 1. The number of ether oxygens (including phenoxy) is 3. The zero-order chi connectivity index (χ0) is 42.5. The van der Waals surface area contributed by atoms with Crippen molar-refractivity contribution in [1.29, 1.82) is 0 Å². The molecule has 2 N–H and O–H groups in total. The number of carbonyl (C=O) groups is 1. The number of hydrogen-bond donors (Lipinski definition) is 1. The highest BCUT2D eigenvalue weighted by molar-refractivity contribution is 7.34. The van der Waals surface area contributed by atoms with Gasteiger partial charge in [0, 0.05) is 16.5 Å². The average Bonchev–Trinajstić information content (AvgIpc) is 3.46. The van der Waals surface area contributed by atoms with Gasteiger partial charge in [-0.05, 0) is 59.2 Å². The topological polar surface area (TPSA) is 208 Å². The van der Waals surface area contributed by atoms with Gasteiger partial charge in [0.2, 0.25) is 11.5 Å². The van der Waals surface area contributed by atoms with Crippen LogP contribution in [0.15, 0.2) is 124 Å². The maximum atomic E-state index is 17.9. The van der Waals surface area contributed by atoms with E-state index < -0.39 is 76.2 Å². The second-order valence-electron chi connectivity index (χ2n) is 15.2. The van der Waals surface area contributed by atoms with E-state index in [0.717, 1.165) is 14.9 Å². The first kappa shape index (κ1) is 42.9. The van der Waals surface area contributed by atoms with Crippen molar-refractivity contribution in [2.24, 2.45) is 9.86 Å². The van der Waals surface area contributed by atoms with E-state index in [1.54, 1.807) is 44.2 Å². The van der Waals surface area contributed by atoms with E-state index in [1.165, 1.54) is 25.3 Å². The van der Waals surface area contributed by atoms with Gasteiger partial charge in [0.05, 0.1) is 6.10 Å². The summed E-state index contributed by atoms with van der Waals surface area (Å²) in [6.07, 6.45) is -4.51. The number of benzene rings is 4. The van der Waals surface area contributed by atoms with Crippen molar-refractivity contribution >= 4 is 49.4 Å². The number of alkyl halides is 1. The Morgan fingerprint density at radius 1 is 1.03 bits per heavy atom. The van der Waals surface area contributed by atoms with Crippen molar-refractivity contribution in [1.82, 2.24) is 9.55 Å². The van der Waals surface area contributed by atoms with Gasteiger partial charge in [-0.25, -0.2) is 14.0 Å². The number of carbonyl (C=O) groups excluding carboxylic acids is 1. The highest BCUT2D eigenvalue weighted by Crippen LogP contribution is 2.48. The molecule has 1 unspecified atom stereocenters. The highest BCUT2D eigenvalue weighted by Gasteiger charge is 2.62. The first-order chi connectivity index (χ1) is 28.1. The molecule has 1 aliphatic heterocycles. The molecule has 6 atom stereocenters. The van der Waals surface area contributed by atoms with E-state index in [4.69, 9.17) is 28.9 Å². The second kappa shape index (κ2) is 17.7. The molecule has 0 bridgehead atoms. The molecule has 1 saturated heterocycles. The first-order valence-corrected chi connectivity index (χ1v) is 21.9. The Bertz CT molecular complexity index is 2390. The lowest BCUT2D eigenvalue weighted by Gasteiger charge is -2.45. The number of nitrogens with zero attached hydrogens (tertiary/aromatic N) is 6. The normalized spacial score (nSPS) is 20.2. The Morgan fingerprint density at radius 3 is 2.25 bits per heavy atom. The molecule has 1 aromatic heterocycles. The van der Waals surface area contributed by atoms with E-state index in [-0.39, 0.29) is 17.3 Å². The summed E-state index contributed by atoms with van der Waals surface area (Å²) in [7, 11) is -6.45. The zero-order valence-electron chi connectivity index (χ0n) is 33.3. The summed E-state index contributed by atoms with van der Waals surface area (Å²) >= 11 is 0. The highest BCUT2D eigenvalue weighted by atomic mass is 31.1. The smallest absolute Gasteiger partial charge is 0.395 e. The van der Waals surface area contributed by atoms with Crippen molar-refractivity contribution in [2.75, 3.05) is 12.3 Å². The van der Waals surface area contributed by atoms with E-state index >= 15 is 4.39 Å². The molecule has 2 heterocycles. The second-order valence-corrected chi connectivity index (χ2v) is 20.4. The number of hydrogen-bond acceptors (Lipinski definition) is 12. The molecule has 4 aromatic carbocycles. The maximum absolute atomic E-state index is 17.9. The van der Waals surface area contributed by atoms with Gasteiger partial charge in [-0.15, -0.1) is 0 Å². The van der Waals surface area contributed by atoms with Gasteiger partial charge in [-0.3, -0.25) is 9.09 Å². The predicted octanol–water partition coefficient (Wildman–Crippen LogP) is 6.45. The fraction of sp³-hybridized carbons (Fsp3) is 0.341. The molecule has 0 amide bonds. The standard InChI is InChI=1S/C41H45FN7O8PSi/c1-26(2)54-38(50)27(3)46-58(52)56-34-31-20-14-13-15-28(31)21-22-32(34)53-25-41(47-48-44)36(42)35(37(55-41)49-24-23-33(43)45-39(49)51)57-59(40(4,5)6,29-16-9-7-10-17-29)30-18-11-8-12-19-30/h7-24,26-27,35-37H,25H2,1-6H3,(H2,43,45,51)/t27-,35+,36-,37+,41+/m0/s1. The third kappa shape index (κ3) is 8.86. The molecule has 15 nitrogen and oxygen atoms in total. The SMILES string of the molecule is CC(C)OC(=O)[C@H](C)N=[P+]([O-])Oc1c(OC[C@@]2(N=[N+]=[N-])O[C@@H](n3ccc(N)nc3=O)[C@H](O[Si](c3ccccc3)(c3ccccc3)C(C)(C)C)[C@@H]2F)ccc2ccccc12. The first-order valence-electron chi connectivity index (χ1n) is 18.8. The molecule has 0 radical (unpaired) electrons. The summed E-state index contributed by atoms with van der Waals surface area (Å²) in [6.45, 7) is 10.0. The van der Waals surface area contributed by atoms with Crippen LogP contribution in [0.3, 0.4) is 0 Å². The summed E-state index contributed by atoms with van der Waals surface area (Å²) in [5, 5.41) is 5.97. The molecule has 1 fully saturated rings. The number of rotatable bonds is 14. The van der Waals surface area contributed by atoms with Crippen molar-refractivity contribution in [3.63, 3.8) is 0 Å². The largest absolute Gasteiger partial charge is 0.575 e. The monoisotopic (exact) mass is 841 g/mol. The van der Waals surface area contributed by atoms with Crippen molar-refractivity contribution in [2.45, 2.75) is 83.0 Å². The third-order valence-electron chi connectivity index (χ3n) is 9.80. The molecule has 59 heavy (non-hydrogen) atoms. The number of nitrogen functional groups attached to an aromatic ring is 1. The number of fused-ring (bicyclic) bond motifs is 1. The van der Waals surface area contributed by atoms with Gasteiger partial charge in [0.1, 0.15) is 18.5 Å². The molecule has 0 spiro atoms. The molecule has 0 aliphatic carbocycles. The lowest BCUT2D eigenvalue weighted by Crippen LogP contribution is -2.68. The Balaban J connectivity index is 1.45. The van der Waals surface area contributed by atoms with Crippen LogP contribution in [0.5, 0.6) is 11.5 Å². The number of aromatic nitrogens is 2. The zero-order valence-corrected chi connectivity index (χ0v) is 35.2. The summed E-state index contributed by atoms with van der Waals surface area (Å²) in [4.78, 5) is 46.1. The fourth-order valence-electron chi connectivity index (χ4n) is 7.12. The van der Waals surface area contributed by atoms with Gasteiger partial charge < -0.3 is 29.3 Å². The van der Waals surface area contributed by atoms with Crippen LogP contribution < -0.4 is 36.0 Å². The van der Waals surface area contributed by atoms with Crippen LogP contribution in [0.1, 0.15) is 47.8 Å². The molecule has 1 aliphatic rings. The van der Waals surface area contributed by atoms with Crippen LogP contribution in [0.2, 0.25) is 5.04 Å². The van der Waals surface area contributed by atoms with Crippen molar-refractivity contribution < 1.29 is 37.2 Å². The Kier molecular flexibility index (Phi) is 12.9. The Labute approximate surface area is 342 Å². The molecule has 0 saturated carbocycles. The average molecular weight is 842 g/mol. The minimum Gasteiger partial charge on any atom is -0.575 e. The Morgan fingerprint density at radius 2 is 1.66 bits per heavy atom. The molecule has 5 aromatic rings. The number of azide groups is 1. The van der Waals surface area contributed by atoms with E-state index in [0.29, 0.717) is 10.8 Å². The third-order valence-corrected chi connectivity index (χ3v) is 15.7. The summed E-state index contributed by atoms with van der Waals surface area (Å²) in [5.74, 6) is -0.847. The lowest BCUT2D eigenvalue weighted by molar-refractivity contribution is -0.170. The van der Waals surface area contributed by atoms with Gasteiger partial charge in [-0.1, -0.05) is 122 Å². The molecular weight excluding hydrogens is 797 g/mol. The van der Waals surface area contributed by atoms with Crippen LogP contribution >= 0.6 is 8.17 Å². The molecular formula is C41H45FN7O8PSi. The van der Waals surface area contributed by atoms with Crippen LogP contribution in [0, 0.1) is 0 Å². The lowest BCUT2D eigenvalue weighted by atomic mass is 10.1. The van der Waals surface area contributed by atoms with E-state index in [2.05, 4.69) is 19.8 Å². The summed E-state index contributed by atoms with van der Waals surface area (Å²) < 4.78 is 53.8. The number of esters is 1. The maximum Gasteiger partial charge on any atom is 0.395 e. The number of nitrogens with two attached hydrogens (primary N) is 1. The quantitative estimate of drug-likeness (QED) is 0.0323. The minimum absolute atomic E-state index is 0.0396. The molecule has 18 heteroatoms. The minimum atomic E-state index is -3.57. The van der Waals surface area contributed by atoms with E-state index in [1.807, 2.05) is 81.4 Å². The van der Waals surface area contributed by atoms with Gasteiger partial charge in [0.15, 0.2) is 24.2 Å². The Hall–Kier alpha value is -5.67. The van der Waals surface area contributed by atoms with Crippen LogP contribution in [-0.4, -0.2) is 60.6 Å². The van der Waals surface area contributed by atoms with Crippen molar-refractivity contribution in [3.05, 3.63) is 130 Å². The van der Waals surface area contributed by atoms with Crippen molar-refractivity contribution in [3.8, 4) is 11.5 Å². The number of halogens is 1. The fourth-order valence-corrected chi connectivity index (χ4v) is 12.5. The van der Waals surface area contributed by atoms with Gasteiger partial charge in [-0.2, -0.15) is 4.98 Å². The van der Waals surface area contributed by atoms with E-state index in [9.17, 15) is 20.0 Å². The van der Waals surface area contributed by atoms with Gasteiger partial charge >= 0.3 is 19.8 Å². The molecule has 6 rings (SSSR count). The summed E-state index contributed by atoms with van der Waals surface area (Å²) in [6, 6.07) is 29.4.